The average Bonchev–Trinajstić information content (AvgIpc) is 2.73. The summed E-state index contributed by atoms with van der Waals surface area (Å²) in [6.07, 6.45) is 22.6. The van der Waals surface area contributed by atoms with Crippen LogP contribution < -0.4 is 0 Å². The second kappa shape index (κ2) is 16.7. The van der Waals surface area contributed by atoms with Crippen LogP contribution in [-0.4, -0.2) is 22.2 Å². The highest BCUT2D eigenvalue weighted by Gasteiger charge is 2.13. The standard InChI is InChI=1S/C26H40O4/c1-2-3-4-5-6-7-8-9-10-11-12-13-14-15-16-17-18-22-21-23(25(27)28)19-20-24(22)26(29)30/h11-12,19-21H,2-10,13-18H2,1H3,(H,27,28)(H,29,30). The number of rotatable bonds is 18. The van der Waals surface area contributed by atoms with Gasteiger partial charge in [-0.2, -0.15) is 0 Å². The fourth-order valence-electron chi connectivity index (χ4n) is 3.71. The van der Waals surface area contributed by atoms with Crippen molar-refractivity contribution in [3.63, 3.8) is 0 Å². The van der Waals surface area contributed by atoms with E-state index in [4.69, 9.17) is 5.11 Å². The molecule has 0 heterocycles. The van der Waals surface area contributed by atoms with Crippen molar-refractivity contribution in [2.24, 2.45) is 0 Å². The lowest BCUT2D eigenvalue weighted by Gasteiger charge is -2.07. The Morgan fingerprint density at radius 3 is 1.80 bits per heavy atom. The van der Waals surface area contributed by atoms with Gasteiger partial charge in [0, 0.05) is 0 Å². The highest BCUT2D eigenvalue weighted by molar-refractivity contribution is 5.93. The van der Waals surface area contributed by atoms with E-state index < -0.39 is 11.9 Å². The lowest BCUT2D eigenvalue weighted by atomic mass is 9.98. The predicted octanol–water partition coefficient (Wildman–Crippen LogP) is 7.66. The van der Waals surface area contributed by atoms with Gasteiger partial charge in [0.25, 0.3) is 0 Å². The van der Waals surface area contributed by atoms with E-state index in [-0.39, 0.29) is 11.1 Å². The zero-order chi connectivity index (χ0) is 22.0. The molecule has 4 heteroatoms. The van der Waals surface area contributed by atoms with Crippen LogP contribution in [-0.2, 0) is 6.42 Å². The Labute approximate surface area is 182 Å². The average molecular weight is 417 g/mol. The molecular formula is C26H40O4. The summed E-state index contributed by atoms with van der Waals surface area (Å²) >= 11 is 0. The Morgan fingerprint density at radius 2 is 1.27 bits per heavy atom. The number of hydrogen-bond donors (Lipinski definition) is 2. The molecule has 1 aromatic carbocycles. The number of carbonyl (C=O) groups is 2. The van der Waals surface area contributed by atoms with Gasteiger partial charge in [0.1, 0.15) is 0 Å². The molecule has 0 amide bonds. The number of benzene rings is 1. The maximum absolute atomic E-state index is 11.3. The molecule has 0 atom stereocenters. The van der Waals surface area contributed by atoms with Gasteiger partial charge in [0.15, 0.2) is 0 Å². The van der Waals surface area contributed by atoms with Gasteiger partial charge in [-0.15, -0.1) is 0 Å². The van der Waals surface area contributed by atoms with Crippen LogP contribution in [0.2, 0.25) is 0 Å². The first kappa shape index (κ1) is 25.9. The second-order valence-corrected chi connectivity index (χ2v) is 8.17. The maximum atomic E-state index is 11.3. The lowest BCUT2D eigenvalue weighted by molar-refractivity contribution is 0.0680. The van der Waals surface area contributed by atoms with Gasteiger partial charge in [-0.25, -0.2) is 9.59 Å². The highest BCUT2D eigenvalue weighted by atomic mass is 16.4. The summed E-state index contributed by atoms with van der Waals surface area (Å²) in [6.45, 7) is 2.26. The lowest BCUT2D eigenvalue weighted by Crippen LogP contribution is -2.06. The fraction of sp³-hybridized carbons (Fsp3) is 0.615. The SMILES string of the molecule is CCCCCCCCCCC=CCCCCCCc1cc(C(=O)O)ccc1C(=O)O. The van der Waals surface area contributed by atoms with Gasteiger partial charge in [-0.3, -0.25) is 0 Å². The molecule has 0 aliphatic heterocycles. The molecule has 0 unspecified atom stereocenters. The van der Waals surface area contributed by atoms with Crippen LogP contribution in [0.5, 0.6) is 0 Å². The Kier molecular flexibility index (Phi) is 14.4. The quantitative estimate of drug-likeness (QED) is 0.190. The molecule has 30 heavy (non-hydrogen) atoms. The van der Waals surface area contributed by atoms with Crippen molar-refractivity contribution < 1.29 is 19.8 Å². The van der Waals surface area contributed by atoms with E-state index in [1.54, 1.807) is 0 Å². The number of unbranched alkanes of at least 4 members (excludes halogenated alkanes) is 12. The van der Waals surface area contributed by atoms with Crippen LogP contribution in [0.1, 0.15) is 123 Å². The first-order valence-corrected chi connectivity index (χ1v) is 11.8. The number of hydrogen-bond acceptors (Lipinski definition) is 2. The number of carboxylic acid groups (broad SMARTS) is 2. The van der Waals surface area contributed by atoms with Gasteiger partial charge in [-0.1, -0.05) is 76.9 Å². The summed E-state index contributed by atoms with van der Waals surface area (Å²) in [5.41, 5.74) is 0.980. The molecule has 0 spiro atoms. The molecule has 0 fully saturated rings. The van der Waals surface area contributed by atoms with E-state index >= 15 is 0 Å². The third-order valence-electron chi connectivity index (χ3n) is 5.54. The molecular weight excluding hydrogens is 376 g/mol. The summed E-state index contributed by atoms with van der Waals surface area (Å²) in [5, 5.41) is 18.4. The number of aryl methyl sites for hydroxylation is 1. The van der Waals surface area contributed by atoms with Crippen LogP contribution in [0.4, 0.5) is 0 Å². The van der Waals surface area contributed by atoms with Crippen LogP contribution in [0.15, 0.2) is 30.4 Å². The molecule has 0 radical (unpaired) electrons. The molecule has 4 nitrogen and oxygen atoms in total. The third-order valence-corrected chi connectivity index (χ3v) is 5.54. The van der Waals surface area contributed by atoms with Gasteiger partial charge in [0.05, 0.1) is 11.1 Å². The van der Waals surface area contributed by atoms with E-state index in [9.17, 15) is 14.7 Å². The molecule has 0 saturated carbocycles. The van der Waals surface area contributed by atoms with Crippen molar-refractivity contribution in [2.45, 2.75) is 103 Å². The summed E-state index contributed by atoms with van der Waals surface area (Å²) in [5.74, 6) is -2.02. The van der Waals surface area contributed by atoms with Crippen LogP contribution >= 0.6 is 0 Å². The van der Waals surface area contributed by atoms with Crippen molar-refractivity contribution in [1.29, 1.82) is 0 Å². The minimum absolute atomic E-state index is 0.150. The van der Waals surface area contributed by atoms with E-state index in [1.165, 1.54) is 76.0 Å². The van der Waals surface area contributed by atoms with Crippen molar-refractivity contribution in [3.8, 4) is 0 Å². The van der Waals surface area contributed by atoms with Crippen LogP contribution in [0.3, 0.4) is 0 Å². The zero-order valence-corrected chi connectivity index (χ0v) is 18.7. The van der Waals surface area contributed by atoms with Gasteiger partial charge in [-0.05, 0) is 62.3 Å². The molecule has 0 aliphatic carbocycles. The number of carboxylic acids is 2. The molecule has 168 valence electrons. The second-order valence-electron chi connectivity index (χ2n) is 8.17. The largest absolute Gasteiger partial charge is 0.478 e. The molecule has 0 saturated heterocycles. The molecule has 1 aromatic rings. The van der Waals surface area contributed by atoms with Crippen molar-refractivity contribution in [3.05, 3.63) is 47.0 Å². The Morgan fingerprint density at radius 1 is 0.733 bits per heavy atom. The van der Waals surface area contributed by atoms with Crippen molar-refractivity contribution in [2.75, 3.05) is 0 Å². The van der Waals surface area contributed by atoms with Gasteiger partial charge in [0.2, 0.25) is 0 Å². The summed E-state index contributed by atoms with van der Waals surface area (Å²) in [7, 11) is 0. The minimum atomic E-state index is -1.02. The summed E-state index contributed by atoms with van der Waals surface area (Å²) in [4.78, 5) is 22.4. The Balaban J connectivity index is 2.08. The molecule has 2 N–H and O–H groups in total. The van der Waals surface area contributed by atoms with E-state index in [2.05, 4.69) is 19.1 Å². The van der Waals surface area contributed by atoms with Crippen LogP contribution in [0.25, 0.3) is 0 Å². The molecule has 0 aromatic heterocycles. The summed E-state index contributed by atoms with van der Waals surface area (Å²) in [6, 6.07) is 4.26. The van der Waals surface area contributed by atoms with Crippen molar-refractivity contribution in [1.82, 2.24) is 0 Å². The third kappa shape index (κ3) is 11.8. The summed E-state index contributed by atoms with van der Waals surface area (Å²) < 4.78 is 0. The predicted molar refractivity (Wildman–Crippen MR) is 124 cm³/mol. The topological polar surface area (TPSA) is 74.6 Å². The molecule has 0 aliphatic rings. The zero-order valence-electron chi connectivity index (χ0n) is 18.7. The number of allylic oxidation sites excluding steroid dienone is 2. The number of aromatic carboxylic acids is 2. The monoisotopic (exact) mass is 416 g/mol. The normalized spacial score (nSPS) is 11.2. The Hall–Kier alpha value is -2.10. The first-order chi connectivity index (χ1) is 14.6. The van der Waals surface area contributed by atoms with Crippen LogP contribution in [0, 0.1) is 0 Å². The maximum Gasteiger partial charge on any atom is 0.335 e. The highest BCUT2D eigenvalue weighted by Crippen LogP contribution is 2.17. The fourth-order valence-corrected chi connectivity index (χ4v) is 3.71. The van der Waals surface area contributed by atoms with Gasteiger partial charge >= 0.3 is 11.9 Å². The molecule has 1 rings (SSSR count). The molecule has 0 bridgehead atoms. The Bertz CT molecular complexity index is 648. The minimum Gasteiger partial charge on any atom is -0.478 e. The van der Waals surface area contributed by atoms with Gasteiger partial charge < -0.3 is 10.2 Å². The van der Waals surface area contributed by atoms with E-state index in [1.807, 2.05) is 0 Å². The first-order valence-electron chi connectivity index (χ1n) is 11.8. The smallest absolute Gasteiger partial charge is 0.335 e. The van der Waals surface area contributed by atoms with Crippen molar-refractivity contribution >= 4 is 11.9 Å². The van der Waals surface area contributed by atoms with E-state index in [0.717, 1.165) is 32.1 Å². The van der Waals surface area contributed by atoms with E-state index in [0.29, 0.717) is 12.0 Å².